The van der Waals surface area contributed by atoms with Crippen LogP contribution in [0, 0.1) is 5.82 Å². The Morgan fingerprint density at radius 2 is 1.68 bits per heavy atom. The largest absolute Gasteiger partial charge is 0.481 e. The van der Waals surface area contributed by atoms with Crippen LogP contribution < -0.4 is 10.1 Å². The average molecular weight is 295 g/mol. The van der Waals surface area contributed by atoms with Crippen molar-refractivity contribution in [2.24, 2.45) is 0 Å². The number of benzene rings is 3. The highest BCUT2D eigenvalue weighted by atomic mass is 19.1. The number of anilines is 1. The zero-order valence-corrected chi connectivity index (χ0v) is 11.8. The molecule has 0 bridgehead atoms. The highest BCUT2D eigenvalue weighted by Gasteiger charge is 2.08. The lowest BCUT2D eigenvalue weighted by atomic mass is 10.1. The quantitative estimate of drug-likeness (QED) is 0.790. The molecule has 4 heteroatoms. The SMILES string of the molecule is O=C(COc1ccccc1F)Nc1cccc2ccccc12. The van der Waals surface area contributed by atoms with Gasteiger partial charge in [0.1, 0.15) is 0 Å². The molecule has 0 saturated carbocycles. The molecule has 3 rings (SSSR count). The number of rotatable bonds is 4. The monoisotopic (exact) mass is 295 g/mol. The van der Waals surface area contributed by atoms with Crippen LogP contribution in [0.25, 0.3) is 10.8 Å². The summed E-state index contributed by atoms with van der Waals surface area (Å²) in [5, 5.41) is 4.77. The maximum atomic E-state index is 13.4. The van der Waals surface area contributed by atoms with Gasteiger partial charge in [-0.25, -0.2) is 4.39 Å². The molecule has 0 atom stereocenters. The molecular weight excluding hydrogens is 281 g/mol. The van der Waals surface area contributed by atoms with E-state index in [0.29, 0.717) is 5.69 Å². The molecule has 3 aromatic rings. The summed E-state index contributed by atoms with van der Waals surface area (Å²) in [7, 11) is 0. The second-order valence-corrected chi connectivity index (χ2v) is 4.79. The average Bonchev–Trinajstić information content (AvgIpc) is 2.54. The molecule has 0 aliphatic carbocycles. The van der Waals surface area contributed by atoms with Crippen LogP contribution in [0.15, 0.2) is 66.7 Å². The molecule has 0 aromatic heterocycles. The minimum absolute atomic E-state index is 0.0653. The van der Waals surface area contributed by atoms with Crippen LogP contribution >= 0.6 is 0 Å². The summed E-state index contributed by atoms with van der Waals surface area (Å²) in [5.41, 5.74) is 0.709. The Kier molecular flexibility index (Phi) is 4.01. The first-order chi connectivity index (χ1) is 10.7. The summed E-state index contributed by atoms with van der Waals surface area (Å²) >= 11 is 0. The van der Waals surface area contributed by atoms with Gasteiger partial charge >= 0.3 is 0 Å². The van der Waals surface area contributed by atoms with E-state index < -0.39 is 5.82 Å². The van der Waals surface area contributed by atoms with E-state index in [0.717, 1.165) is 10.8 Å². The van der Waals surface area contributed by atoms with Crippen molar-refractivity contribution in [2.75, 3.05) is 11.9 Å². The van der Waals surface area contributed by atoms with Gasteiger partial charge in [-0.1, -0.05) is 48.5 Å². The lowest BCUT2D eigenvalue weighted by Gasteiger charge is -2.10. The van der Waals surface area contributed by atoms with Crippen LogP contribution in [0.3, 0.4) is 0 Å². The van der Waals surface area contributed by atoms with Crippen molar-refractivity contribution in [3.63, 3.8) is 0 Å². The highest BCUT2D eigenvalue weighted by Crippen LogP contribution is 2.23. The fourth-order valence-corrected chi connectivity index (χ4v) is 2.23. The molecule has 0 spiro atoms. The topological polar surface area (TPSA) is 38.3 Å². The lowest BCUT2D eigenvalue weighted by molar-refractivity contribution is -0.118. The Balaban J connectivity index is 1.70. The van der Waals surface area contributed by atoms with Gasteiger partial charge < -0.3 is 10.1 Å². The van der Waals surface area contributed by atoms with Crippen LogP contribution in [-0.2, 0) is 4.79 Å². The molecule has 22 heavy (non-hydrogen) atoms. The second-order valence-electron chi connectivity index (χ2n) is 4.79. The molecule has 1 amide bonds. The Morgan fingerprint density at radius 1 is 0.955 bits per heavy atom. The summed E-state index contributed by atoms with van der Waals surface area (Å²) in [4.78, 5) is 12.0. The number of carbonyl (C=O) groups excluding carboxylic acids is 1. The Morgan fingerprint density at radius 3 is 2.55 bits per heavy atom. The first-order valence-corrected chi connectivity index (χ1v) is 6.89. The molecule has 0 fully saturated rings. The zero-order chi connectivity index (χ0) is 15.4. The number of para-hydroxylation sites is 1. The summed E-state index contributed by atoms with van der Waals surface area (Å²) in [6.45, 7) is -0.246. The van der Waals surface area contributed by atoms with E-state index in [4.69, 9.17) is 4.74 Å². The van der Waals surface area contributed by atoms with Gasteiger partial charge in [-0.05, 0) is 23.6 Å². The summed E-state index contributed by atoms with van der Waals surface area (Å²) in [5.74, 6) is -0.754. The highest BCUT2D eigenvalue weighted by molar-refractivity contribution is 6.02. The molecule has 110 valence electrons. The molecular formula is C18H14FNO2. The Labute approximate surface area is 127 Å². The molecule has 0 radical (unpaired) electrons. The van der Waals surface area contributed by atoms with Gasteiger partial charge in [0.15, 0.2) is 18.2 Å². The number of hydrogen-bond acceptors (Lipinski definition) is 2. The van der Waals surface area contributed by atoms with Crippen molar-refractivity contribution < 1.29 is 13.9 Å². The molecule has 0 heterocycles. The van der Waals surface area contributed by atoms with Gasteiger partial charge in [-0.15, -0.1) is 0 Å². The van der Waals surface area contributed by atoms with Gasteiger partial charge in [0, 0.05) is 11.1 Å². The van der Waals surface area contributed by atoms with Crippen LogP contribution in [0.4, 0.5) is 10.1 Å². The van der Waals surface area contributed by atoms with Crippen molar-refractivity contribution in [3.8, 4) is 5.75 Å². The van der Waals surface area contributed by atoms with E-state index in [2.05, 4.69) is 5.32 Å². The third-order valence-corrected chi connectivity index (χ3v) is 3.26. The van der Waals surface area contributed by atoms with Crippen LogP contribution in [0.1, 0.15) is 0 Å². The fourth-order valence-electron chi connectivity index (χ4n) is 2.23. The molecule has 3 aromatic carbocycles. The molecule has 0 aliphatic rings. The van der Waals surface area contributed by atoms with Crippen LogP contribution in [-0.4, -0.2) is 12.5 Å². The third kappa shape index (κ3) is 3.06. The predicted molar refractivity (Wildman–Crippen MR) is 84.5 cm³/mol. The standard InChI is InChI=1S/C18H14FNO2/c19-15-9-3-4-11-17(15)22-12-18(21)20-16-10-5-7-13-6-1-2-8-14(13)16/h1-11H,12H2,(H,20,21). The zero-order valence-electron chi connectivity index (χ0n) is 11.8. The van der Waals surface area contributed by atoms with Crippen LogP contribution in [0.2, 0.25) is 0 Å². The lowest BCUT2D eigenvalue weighted by Crippen LogP contribution is -2.20. The number of hydrogen-bond donors (Lipinski definition) is 1. The van der Waals surface area contributed by atoms with E-state index in [1.54, 1.807) is 12.1 Å². The number of nitrogens with one attached hydrogen (secondary N) is 1. The number of carbonyl (C=O) groups is 1. The number of halogens is 1. The third-order valence-electron chi connectivity index (χ3n) is 3.26. The van der Waals surface area contributed by atoms with Gasteiger partial charge in [-0.2, -0.15) is 0 Å². The first-order valence-electron chi connectivity index (χ1n) is 6.89. The molecule has 1 N–H and O–H groups in total. The number of amides is 1. The summed E-state index contributed by atoms with van der Waals surface area (Å²) in [6, 6.07) is 19.4. The van der Waals surface area contributed by atoms with Crippen molar-refractivity contribution >= 4 is 22.4 Å². The number of fused-ring (bicyclic) bond motifs is 1. The van der Waals surface area contributed by atoms with Gasteiger partial charge in [-0.3, -0.25) is 4.79 Å². The number of ether oxygens (including phenoxy) is 1. The van der Waals surface area contributed by atoms with E-state index in [1.165, 1.54) is 12.1 Å². The fraction of sp³-hybridized carbons (Fsp3) is 0.0556. The maximum Gasteiger partial charge on any atom is 0.262 e. The molecule has 0 unspecified atom stereocenters. The van der Waals surface area contributed by atoms with E-state index in [1.807, 2.05) is 42.5 Å². The predicted octanol–water partition coefficient (Wildman–Crippen LogP) is 4.00. The smallest absolute Gasteiger partial charge is 0.262 e. The van der Waals surface area contributed by atoms with E-state index >= 15 is 0 Å². The second kappa shape index (κ2) is 6.26. The Hall–Kier alpha value is -2.88. The normalized spacial score (nSPS) is 10.4. The van der Waals surface area contributed by atoms with Crippen molar-refractivity contribution in [3.05, 3.63) is 72.5 Å². The maximum absolute atomic E-state index is 13.4. The summed E-state index contributed by atoms with van der Waals surface area (Å²) in [6.07, 6.45) is 0. The van der Waals surface area contributed by atoms with Crippen LogP contribution in [0.5, 0.6) is 5.75 Å². The van der Waals surface area contributed by atoms with E-state index in [-0.39, 0.29) is 18.3 Å². The molecule has 0 saturated heterocycles. The minimum atomic E-state index is -0.486. The van der Waals surface area contributed by atoms with Gasteiger partial charge in [0.25, 0.3) is 5.91 Å². The van der Waals surface area contributed by atoms with E-state index in [9.17, 15) is 9.18 Å². The minimum Gasteiger partial charge on any atom is -0.481 e. The van der Waals surface area contributed by atoms with Gasteiger partial charge in [0.05, 0.1) is 0 Å². The first kappa shape index (κ1) is 14.1. The van der Waals surface area contributed by atoms with Crippen molar-refractivity contribution in [1.82, 2.24) is 0 Å². The molecule has 3 nitrogen and oxygen atoms in total. The Bertz CT molecular complexity index is 812. The molecule has 0 aliphatic heterocycles. The van der Waals surface area contributed by atoms with Crippen molar-refractivity contribution in [2.45, 2.75) is 0 Å². The summed E-state index contributed by atoms with van der Waals surface area (Å²) < 4.78 is 18.6. The van der Waals surface area contributed by atoms with Gasteiger partial charge in [0.2, 0.25) is 0 Å². The van der Waals surface area contributed by atoms with Crippen molar-refractivity contribution in [1.29, 1.82) is 0 Å².